The highest BCUT2D eigenvalue weighted by atomic mass is 79.9. The van der Waals surface area contributed by atoms with Gasteiger partial charge < -0.3 is 4.74 Å². The number of thiophene rings is 1. The molecule has 0 N–H and O–H groups in total. The third kappa shape index (κ3) is 1.53. The van der Waals surface area contributed by atoms with Crippen LogP contribution >= 0.6 is 27.3 Å². The van der Waals surface area contributed by atoms with Gasteiger partial charge in [-0.15, -0.1) is 11.3 Å². The molecule has 0 atom stereocenters. The first-order valence-electron chi connectivity index (χ1n) is 4.07. The SMILES string of the molecule is COc1c(CBr)sc2cc(F)ccc12. The summed E-state index contributed by atoms with van der Waals surface area (Å²) in [5, 5.41) is 1.71. The normalized spacial score (nSPS) is 10.8. The molecule has 0 aliphatic heterocycles. The fraction of sp³-hybridized carbons (Fsp3) is 0.200. The molecule has 0 amide bonds. The largest absolute Gasteiger partial charge is 0.495 e. The lowest BCUT2D eigenvalue weighted by Crippen LogP contribution is -1.83. The Bertz CT molecular complexity index is 466. The summed E-state index contributed by atoms with van der Waals surface area (Å²) in [4.78, 5) is 1.09. The van der Waals surface area contributed by atoms with Gasteiger partial charge in [-0.1, -0.05) is 15.9 Å². The second kappa shape index (κ2) is 3.87. The van der Waals surface area contributed by atoms with Crippen molar-refractivity contribution in [1.29, 1.82) is 0 Å². The molecule has 2 rings (SSSR count). The molecule has 0 aliphatic carbocycles. The molecule has 2 aromatic rings. The Morgan fingerprint density at radius 1 is 1.50 bits per heavy atom. The molecule has 1 aromatic carbocycles. The summed E-state index contributed by atoms with van der Waals surface area (Å²) >= 11 is 4.93. The van der Waals surface area contributed by atoms with Crippen LogP contribution in [0.1, 0.15) is 4.88 Å². The Hall–Kier alpha value is -0.610. The van der Waals surface area contributed by atoms with Crippen LogP contribution in [0.4, 0.5) is 4.39 Å². The highest BCUT2D eigenvalue weighted by Crippen LogP contribution is 2.38. The molecule has 0 saturated heterocycles. The standard InChI is InChI=1S/C10H8BrFOS/c1-13-10-7-3-2-6(12)4-8(7)14-9(10)5-11/h2-4H,5H2,1H3. The van der Waals surface area contributed by atoms with Crippen molar-refractivity contribution in [2.75, 3.05) is 7.11 Å². The molecule has 0 saturated carbocycles. The third-order valence-electron chi connectivity index (χ3n) is 2.00. The molecule has 0 radical (unpaired) electrons. The Morgan fingerprint density at radius 2 is 2.29 bits per heavy atom. The molecule has 74 valence electrons. The second-order valence-corrected chi connectivity index (χ2v) is 4.53. The van der Waals surface area contributed by atoms with Crippen LogP contribution in [-0.4, -0.2) is 7.11 Å². The molecule has 0 aliphatic rings. The van der Waals surface area contributed by atoms with E-state index in [0.29, 0.717) is 0 Å². The van der Waals surface area contributed by atoms with Crippen molar-refractivity contribution >= 4 is 37.4 Å². The van der Waals surface area contributed by atoms with Gasteiger partial charge in [0.05, 0.1) is 12.0 Å². The number of methoxy groups -OCH3 is 1. The van der Waals surface area contributed by atoms with Crippen LogP contribution in [-0.2, 0) is 5.33 Å². The number of halogens is 2. The Balaban J connectivity index is 2.73. The van der Waals surface area contributed by atoms with Crippen molar-refractivity contribution in [2.45, 2.75) is 5.33 Å². The number of fused-ring (bicyclic) bond motifs is 1. The van der Waals surface area contributed by atoms with Gasteiger partial charge >= 0.3 is 0 Å². The van der Waals surface area contributed by atoms with E-state index in [9.17, 15) is 4.39 Å². The van der Waals surface area contributed by atoms with Crippen molar-refractivity contribution in [1.82, 2.24) is 0 Å². The van der Waals surface area contributed by atoms with E-state index in [1.807, 2.05) is 0 Å². The number of alkyl halides is 1. The predicted octanol–water partition coefficient (Wildman–Crippen LogP) is 3.94. The van der Waals surface area contributed by atoms with Crippen LogP contribution in [0.5, 0.6) is 5.75 Å². The molecular formula is C10H8BrFOS. The zero-order chi connectivity index (χ0) is 10.1. The molecule has 1 nitrogen and oxygen atoms in total. The number of rotatable bonds is 2. The minimum atomic E-state index is -0.206. The van der Waals surface area contributed by atoms with Gasteiger partial charge in [0.15, 0.2) is 0 Å². The topological polar surface area (TPSA) is 9.23 Å². The maximum absolute atomic E-state index is 12.9. The zero-order valence-electron chi connectivity index (χ0n) is 7.51. The number of hydrogen-bond acceptors (Lipinski definition) is 2. The lowest BCUT2D eigenvalue weighted by molar-refractivity contribution is 0.418. The average molecular weight is 275 g/mol. The predicted molar refractivity (Wildman–Crippen MR) is 61.0 cm³/mol. The summed E-state index contributed by atoms with van der Waals surface area (Å²) in [5.74, 6) is 0.643. The van der Waals surface area contributed by atoms with Crippen molar-refractivity contribution in [2.24, 2.45) is 0 Å². The van der Waals surface area contributed by atoms with Crippen LogP contribution in [0.15, 0.2) is 18.2 Å². The van der Waals surface area contributed by atoms with Crippen molar-refractivity contribution in [3.05, 3.63) is 28.9 Å². The van der Waals surface area contributed by atoms with E-state index >= 15 is 0 Å². The van der Waals surface area contributed by atoms with Gasteiger partial charge in [-0.25, -0.2) is 4.39 Å². The molecule has 0 bridgehead atoms. The number of hydrogen-bond donors (Lipinski definition) is 0. The second-order valence-electron chi connectivity index (χ2n) is 2.83. The van der Waals surface area contributed by atoms with E-state index in [-0.39, 0.29) is 5.82 Å². The van der Waals surface area contributed by atoms with Gasteiger partial charge in [0.2, 0.25) is 0 Å². The highest BCUT2D eigenvalue weighted by molar-refractivity contribution is 9.08. The van der Waals surface area contributed by atoms with Gasteiger partial charge in [0, 0.05) is 15.4 Å². The fourth-order valence-corrected chi connectivity index (χ4v) is 3.06. The van der Waals surface area contributed by atoms with Crippen molar-refractivity contribution < 1.29 is 9.13 Å². The Labute approximate surface area is 93.6 Å². The molecule has 4 heteroatoms. The molecular weight excluding hydrogens is 267 g/mol. The molecule has 0 spiro atoms. The summed E-state index contributed by atoms with van der Waals surface area (Å²) < 4.78 is 19.2. The van der Waals surface area contributed by atoms with Gasteiger partial charge in [0.25, 0.3) is 0 Å². The summed E-state index contributed by atoms with van der Waals surface area (Å²) in [7, 11) is 1.64. The first-order valence-corrected chi connectivity index (χ1v) is 6.01. The van der Waals surface area contributed by atoms with Crippen LogP contribution in [0.2, 0.25) is 0 Å². The Morgan fingerprint density at radius 3 is 2.93 bits per heavy atom. The van der Waals surface area contributed by atoms with Gasteiger partial charge in [-0.05, 0) is 18.2 Å². The van der Waals surface area contributed by atoms with Crippen LogP contribution in [0.3, 0.4) is 0 Å². The highest BCUT2D eigenvalue weighted by Gasteiger charge is 2.11. The Kier molecular flexibility index (Phi) is 2.74. The number of benzene rings is 1. The molecule has 1 aromatic heterocycles. The summed E-state index contributed by atoms with van der Waals surface area (Å²) in [6.07, 6.45) is 0. The van der Waals surface area contributed by atoms with Crippen molar-refractivity contribution in [3.8, 4) is 5.75 Å². The molecule has 1 heterocycles. The summed E-state index contributed by atoms with van der Waals surface area (Å²) in [5.41, 5.74) is 0. The van der Waals surface area contributed by atoms with E-state index in [1.165, 1.54) is 12.1 Å². The quantitative estimate of drug-likeness (QED) is 0.754. The van der Waals surface area contributed by atoms with E-state index in [0.717, 1.165) is 26.0 Å². The first kappa shape index (κ1) is 9.93. The number of ether oxygens (including phenoxy) is 1. The van der Waals surface area contributed by atoms with Crippen LogP contribution in [0.25, 0.3) is 10.1 Å². The van der Waals surface area contributed by atoms with E-state index in [1.54, 1.807) is 24.5 Å². The maximum atomic E-state index is 12.9. The van der Waals surface area contributed by atoms with E-state index in [4.69, 9.17) is 4.74 Å². The van der Waals surface area contributed by atoms with Gasteiger partial charge in [0.1, 0.15) is 11.6 Å². The lowest BCUT2D eigenvalue weighted by Gasteiger charge is -1.99. The summed E-state index contributed by atoms with van der Waals surface area (Å²) in [6, 6.07) is 4.75. The van der Waals surface area contributed by atoms with Gasteiger partial charge in [-0.3, -0.25) is 0 Å². The maximum Gasteiger partial charge on any atom is 0.141 e. The van der Waals surface area contributed by atoms with Crippen LogP contribution < -0.4 is 4.74 Å². The van der Waals surface area contributed by atoms with Crippen LogP contribution in [0, 0.1) is 5.82 Å². The first-order chi connectivity index (χ1) is 6.76. The molecule has 14 heavy (non-hydrogen) atoms. The smallest absolute Gasteiger partial charge is 0.141 e. The molecule has 0 fully saturated rings. The zero-order valence-corrected chi connectivity index (χ0v) is 9.91. The van der Waals surface area contributed by atoms with E-state index in [2.05, 4.69) is 15.9 Å². The average Bonchev–Trinajstić information content (AvgIpc) is 2.54. The fourth-order valence-electron chi connectivity index (χ4n) is 1.41. The minimum absolute atomic E-state index is 0.206. The van der Waals surface area contributed by atoms with E-state index < -0.39 is 0 Å². The summed E-state index contributed by atoms with van der Waals surface area (Å²) in [6.45, 7) is 0. The van der Waals surface area contributed by atoms with Crippen molar-refractivity contribution in [3.63, 3.8) is 0 Å². The molecule has 0 unspecified atom stereocenters. The third-order valence-corrected chi connectivity index (χ3v) is 4.07. The van der Waals surface area contributed by atoms with Gasteiger partial charge in [-0.2, -0.15) is 0 Å². The lowest BCUT2D eigenvalue weighted by atomic mass is 10.2. The monoisotopic (exact) mass is 274 g/mol. The minimum Gasteiger partial charge on any atom is -0.495 e.